The zero-order valence-electron chi connectivity index (χ0n) is 16.6. The summed E-state index contributed by atoms with van der Waals surface area (Å²) in [5.41, 5.74) is -2.72. The third-order valence-electron chi connectivity index (χ3n) is 5.03. The Bertz CT molecular complexity index is 894. The van der Waals surface area contributed by atoms with Crippen molar-refractivity contribution in [3.8, 4) is 6.07 Å². The molecule has 10 heteroatoms. The van der Waals surface area contributed by atoms with Crippen LogP contribution in [-0.2, 0) is 15.8 Å². The molecular formula is C20H22F3N3O3S. The maximum Gasteiger partial charge on any atom is 0.417 e. The van der Waals surface area contributed by atoms with Gasteiger partial charge in [0.15, 0.2) is 5.11 Å². The quantitative estimate of drug-likeness (QED) is 0.478. The molecule has 6 nitrogen and oxygen atoms in total. The molecule has 0 spiro atoms. The van der Waals surface area contributed by atoms with Crippen molar-refractivity contribution in [1.29, 1.82) is 5.26 Å². The molecule has 30 heavy (non-hydrogen) atoms. The van der Waals surface area contributed by atoms with E-state index in [1.807, 2.05) is 0 Å². The van der Waals surface area contributed by atoms with Gasteiger partial charge in [0.05, 0.1) is 22.9 Å². The molecule has 0 aliphatic carbocycles. The third kappa shape index (κ3) is 4.90. The first-order valence-electron chi connectivity index (χ1n) is 9.40. The number of thiocarbonyl (C=S) groups is 1. The zero-order valence-corrected chi connectivity index (χ0v) is 17.4. The first-order valence-corrected chi connectivity index (χ1v) is 9.81. The van der Waals surface area contributed by atoms with Gasteiger partial charge in [-0.25, -0.2) is 0 Å². The van der Waals surface area contributed by atoms with Crippen molar-refractivity contribution >= 4 is 34.9 Å². The number of carboxylic acid groups (broad SMARTS) is 1. The van der Waals surface area contributed by atoms with Crippen LogP contribution in [0.2, 0.25) is 0 Å². The minimum Gasteiger partial charge on any atom is -0.481 e. The number of alkyl halides is 3. The molecule has 162 valence electrons. The van der Waals surface area contributed by atoms with Gasteiger partial charge in [0, 0.05) is 13.0 Å². The van der Waals surface area contributed by atoms with Gasteiger partial charge in [-0.15, -0.1) is 0 Å². The highest BCUT2D eigenvalue weighted by molar-refractivity contribution is 7.80. The number of halogens is 3. The zero-order chi connectivity index (χ0) is 22.7. The number of hydrogen-bond acceptors (Lipinski definition) is 4. The summed E-state index contributed by atoms with van der Waals surface area (Å²) in [7, 11) is 0. The van der Waals surface area contributed by atoms with Crippen LogP contribution in [0.3, 0.4) is 0 Å². The first-order chi connectivity index (χ1) is 13.9. The van der Waals surface area contributed by atoms with Crippen molar-refractivity contribution in [2.75, 3.05) is 11.4 Å². The van der Waals surface area contributed by atoms with E-state index in [1.54, 1.807) is 18.7 Å². The van der Waals surface area contributed by atoms with E-state index >= 15 is 0 Å². The molecular weight excluding hydrogens is 419 g/mol. The highest BCUT2D eigenvalue weighted by atomic mass is 32.1. The van der Waals surface area contributed by atoms with Crippen molar-refractivity contribution in [3.63, 3.8) is 0 Å². The summed E-state index contributed by atoms with van der Waals surface area (Å²) in [4.78, 5) is 26.3. The second-order valence-electron chi connectivity index (χ2n) is 7.53. The Kier molecular flexibility index (Phi) is 7.08. The third-order valence-corrected chi connectivity index (χ3v) is 5.44. The molecule has 1 N–H and O–H groups in total. The standard InChI is InChI=1S/C20H22F3N3O3S/c1-19(2)17(29)26(14-9-8-13(12-24)15(11-14)20(21,22)23)18(30)25(19)10-6-4-3-5-7-16(27)28/h8-9,11H,3-7,10H2,1-2H3,(H,27,28). The molecule has 1 heterocycles. The second kappa shape index (κ2) is 9.00. The number of nitrogens with zero attached hydrogens (tertiary/aromatic N) is 3. The van der Waals surface area contributed by atoms with Crippen LogP contribution in [0.15, 0.2) is 18.2 Å². The van der Waals surface area contributed by atoms with E-state index in [0.717, 1.165) is 29.9 Å². The molecule has 0 aromatic heterocycles. The molecule has 1 aliphatic rings. The fourth-order valence-electron chi connectivity index (χ4n) is 3.34. The Balaban J connectivity index is 2.19. The Morgan fingerprint density at radius 1 is 1.23 bits per heavy atom. The highest BCUT2D eigenvalue weighted by Crippen LogP contribution is 2.37. The molecule has 1 aromatic rings. The Morgan fingerprint density at radius 2 is 1.87 bits per heavy atom. The molecule has 0 unspecified atom stereocenters. The fourth-order valence-corrected chi connectivity index (χ4v) is 3.85. The average molecular weight is 441 g/mol. The molecule has 0 atom stereocenters. The monoisotopic (exact) mass is 441 g/mol. The molecule has 0 radical (unpaired) electrons. The molecule has 1 aliphatic heterocycles. The lowest BCUT2D eigenvalue weighted by Crippen LogP contribution is -2.44. The number of unbranched alkanes of at least 4 members (excludes halogenated alkanes) is 3. The number of benzene rings is 1. The molecule has 0 bridgehead atoms. The summed E-state index contributed by atoms with van der Waals surface area (Å²) >= 11 is 5.41. The fraction of sp³-hybridized carbons (Fsp3) is 0.500. The van der Waals surface area contributed by atoms with Crippen LogP contribution in [0, 0.1) is 11.3 Å². The minimum absolute atomic E-state index is 0.0339. The lowest BCUT2D eigenvalue weighted by atomic mass is 10.0. The second-order valence-corrected chi connectivity index (χ2v) is 7.90. The van der Waals surface area contributed by atoms with Crippen LogP contribution >= 0.6 is 12.2 Å². The lowest BCUT2D eigenvalue weighted by molar-refractivity contribution is -0.138. The Hall–Kier alpha value is -2.67. The summed E-state index contributed by atoms with van der Waals surface area (Å²) in [6.45, 7) is 3.73. The number of rotatable bonds is 8. The number of carbonyl (C=O) groups is 2. The SMILES string of the molecule is CC1(C)C(=O)N(c2ccc(C#N)c(C(F)(F)F)c2)C(=S)N1CCCCCCC(=O)O. The number of carbonyl (C=O) groups excluding carboxylic acids is 1. The van der Waals surface area contributed by atoms with Gasteiger partial charge in [-0.1, -0.05) is 12.8 Å². The van der Waals surface area contributed by atoms with E-state index in [2.05, 4.69) is 0 Å². The first kappa shape index (κ1) is 23.6. The topological polar surface area (TPSA) is 84.6 Å². The number of anilines is 1. The van der Waals surface area contributed by atoms with Crippen molar-refractivity contribution < 1.29 is 27.9 Å². The maximum atomic E-state index is 13.3. The predicted molar refractivity (Wildman–Crippen MR) is 108 cm³/mol. The van der Waals surface area contributed by atoms with Gasteiger partial charge in [-0.2, -0.15) is 18.4 Å². The maximum absolute atomic E-state index is 13.3. The van der Waals surface area contributed by atoms with Gasteiger partial charge >= 0.3 is 12.1 Å². The molecule has 1 saturated heterocycles. The van der Waals surface area contributed by atoms with Crippen molar-refractivity contribution in [2.45, 2.75) is 57.7 Å². The number of hydrogen-bond donors (Lipinski definition) is 1. The van der Waals surface area contributed by atoms with Gasteiger partial charge in [-0.3, -0.25) is 14.5 Å². The van der Waals surface area contributed by atoms with Crippen LogP contribution in [0.5, 0.6) is 0 Å². The van der Waals surface area contributed by atoms with Gasteiger partial charge < -0.3 is 10.0 Å². The van der Waals surface area contributed by atoms with Crippen LogP contribution in [0.1, 0.15) is 57.1 Å². The van der Waals surface area contributed by atoms with Crippen LogP contribution in [0.25, 0.3) is 0 Å². The normalized spacial score (nSPS) is 16.1. The Labute approximate surface area is 177 Å². The summed E-state index contributed by atoms with van der Waals surface area (Å²) in [5.74, 6) is -1.30. The largest absolute Gasteiger partial charge is 0.481 e. The summed E-state index contributed by atoms with van der Waals surface area (Å²) in [6.07, 6.45) is -1.97. The lowest BCUT2D eigenvalue weighted by Gasteiger charge is -2.29. The predicted octanol–water partition coefficient (Wildman–Crippen LogP) is 4.32. The van der Waals surface area contributed by atoms with Crippen molar-refractivity contribution in [1.82, 2.24) is 4.90 Å². The van der Waals surface area contributed by atoms with E-state index in [-0.39, 0.29) is 17.2 Å². The van der Waals surface area contributed by atoms with Gasteiger partial charge in [0.1, 0.15) is 5.54 Å². The minimum atomic E-state index is -4.74. The molecule has 1 aromatic carbocycles. The van der Waals surface area contributed by atoms with Gasteiger partial charge in [0.25, 0.3) is 5.91 Å². The molecule has 1 amide bonds. The molecule has 0 saturated carbocycles. The van der Waals surface area contributed by atoms with Crippen molar-refractivity contribution in [3.05, 3.63) is 29.3 Å². The smallest absolute Gasteiger partial charge is 0.417 e. The number of amides is 1. The summed E-state index contributed by atoms with van der Waals surface area (Å²) in [6, 6.07) is 4.60. The van der Waals surface area contributed by atoms with Crippen LogP contribution in [-0.4, -0.2) is 39.1 Å². The van der Waals surface area contributed by atoms with E-state index in [0.29, 0.717) is 19.4 Å². The van der Waals surface area contributed by atoms with E-state index in [9.17, 15) is 22.8 Å². The van der Waals surface area contributed by atoms with E-state index in [1.165, 1.54) is 12.1 Å². The van der Waals surface area contributed by atoms with Crippen LogP contribution in [0.4, 0.5) is 18.9 Å². The Morgan fingerprint density at radius 3 is 2.43 bits per heavy atom. The molecule has 1 fully saturated rings. The average Bonchev–Trinajstić information content (AvgIpc) is 2.82. The number of carboxylic acids is 1. The number of aliphatic carboxylic acids is 1. The number of nitriles is 1. The highest BCUT2D eigenvalue weighted by Gasteiger charge is 2.49. The van der Waals surface area contributed by atoms with Gasteiger partial charge in [-0.05, 0) is 57.1 Å². The van der Waals surface area contributed by atoms with E-state index < -0.39 is 34.7 Å². The molecule has 2 rings (SSSR count). The summed E-state index contributed by atoms with van der Waals surface area (Å²) in [5, 5.41) is 17.7. The van der Waals surface area contributed by atoms with Crippen molar-refractivity contribution in [2.24, 2.45) is 0 Å². The van der Waals surface area contributed by atoms with E-state index in [4.69, 9.17) is 22.6 Å². The summed E-state index contributed by atoms with van der Waals surface area (Å²) < 4.78 is 39.9. The van der Waals surface area contributed by atoms with Gasteiger partial charge in [0.2, 0.25) is 0 Å². The van der Waals surface area contributed by atoms with Crippen LogP contribution < -0.4 is 4.90 Å².